The third-order valence-corrected chi connectivity index (χ3v) is 9.60. The van der Waals surface area contributed by atoms with Crippen molar-refractivity contribution in [2.45, 2.75) is 37.2 Å². The number of sulfonamides is 1. The van der Waals surface area contributed by atoms with E-state index in [2.05, 4.69) is 32.4 Å². The van der Waals surface area contributed by atoms with Crippen LogP contribution in [-0.4, -0.2) is 93.1 Å². The van der Waals surface area contributed by atoms with Crippen LogP contribution >= 0.6 is 0 Å². The lowest BCUT2D eigenvalue weighted by atomic mass is 9.99. The van der Waals surface area contributed by atoms with E-state index < -0.39 is 26.6 Å². The zero-order chi connectivity index (χ0) is 30.0. The molecule has 13 heteroatoms. The van der Waals surface area contributed by atoms with Gasteiger partial charge in [-0.15, -0.1) is 0 Å². The highest BCUT2D eigenvalue weighted by molar-refractivity contribution is 7.89. The molecule has 0 spiro atoms. The number of nitrogens with one attached hydrogen (secondary N) is 2. The molecule has 5 rings (SSSR count). The Kier molecular flexibility index (Phi) is 8.92. The van der Waals surface area contributed by atoms with Crippen molar-refractivity contribution in [2.24, 2.45) is 0 Å². The number of carbonyl (C=O) groups excluding carboxylic acids is 1. The predicted octanol–water partition coefficient (Wildman–Crippen LogP) is 3.06. The molecule has 0 saturated carbocycles. The van der Waals surface area contributed by atoms with Gasteiger partial charge in [-0.3, -0.25) is 9.89 Å². The molecule has 42 heavy (non-hydrogen) atoms. The van der Waals surface area contributed by atoms with Gasteiger partial charge in [0.05, 0.1) is 23.6 Å². The number of anilines is 2. The molecule has 1 atom stereocenters. The van der Waals surface area contributed by atoms with Gasteiger partial charge >= 0.3 is 0 Å². The van der Waals surface area contributed by atoms with E-state index in [-0.39, 0.29) is 31.3 Å². The van der Waals surface area contributed by atoms with Gasteiger partial charge in [0.25, 0.3) is 0 Å². The van der Waals surface area contributed by atoms with E-state index in [9.17, 15) is 22.0 Å². The summed E-state index contributed by atoms with van der Waals surface area (Å²) >= 11 is 0. The van der Waals surface area contributed by atoms with Gasteiger partial charge in [-0.05, 0) is 44.3 Å². The maximum Gasteiger partial charge on any atom is 0.243 e. The first-order valence-electron chi connectivity index (χ1n) is 13.9. The fourth-order valence-electron chi connectivity index (χ4n) is 5.47. The minimum atomic E-state index is -4.17. The molecule has 3 heterocycles. The topological polar surface area (TPSA) is 111 Å². The normalized spacial score (nSPS) is 17.2. The Bertz CT molecular complexity index is 1540. The third-order valence-electron chi connectivity index (χ3n) is 7.78. The zero-order valence-corrected chi connectivity index (χ0v) is 24.8. The third kappa shape index (κ3) is 6.48. The van der Waals surface area contributed by atoms with Crippen molar-refractivity contribution in [3.8, 4) is 0 Å². The number of H-pyrrole nitrogens is 1. The summed E-state index contributed by atoms with van der Waals surface area (Å²) in [5.74, 6) is -2.11. The molecule has 0 amide bonds. The number of benzene rings is 2. The second kappa shape index (κ2) is 12.5. The first kappa shape index (κ1) is 30.1. The molecule has 1 saturated heterocycles. The van der Waals surface area contributed by atoms with Crippen LogP contribution in [0.25, 0.3) is 0 Å². The van der Waals surface area contributed by atoms with Crippen molar-refractivity contribution in [3.05, 3.63) is 70.5 Å². The van der Waals surface area contributed by atoms with Crippen molar-refractivity contribution in [2.75, 3.05) is 63.7 Å². The lowest BCUT2D eigenvalue weighted by Gasteiger charge is -2.34. The van der Waals surface area contributed by atoms with E-state index in [0.29, 0.717) is 41.6 Å². The highest BCUT2D eigenvalue weighted by Crippen LogP contribution is 2.30. The summed E-state index contributed by atoms with van der Waals surface area (Å²) in [7, 11) is -0.448. The Morgan fingerprint density at radius 3 is 2.50 bits per heavy atom. The Morgan fingerprint density at radius 1 is 1.10 bits per heavy atom. The Morgan fingerprint density at radius 2 is 1.81 bits per heavy atom. The van der Waals surface area contributed by atoms with Crippen LogP contribution in [0.2, 0.25) is 0 Å². The van der Waals surface area contributed by atoms with E-state index in [4.69, 9.17) is 4.74 Å². The number of fused-ring (bicyclic) bond motifs is 1. The number of carbonyl (C=O) groups is 1. The van der Waals surface area contributed by atoms with Gasteiger partial charge in [-0.2, -0.15) is 9.40 Å². The molecule has 2 N–H and O–H groups in total. The highest BCUT2D eigenvalue weighted by Gasteiger charge is 2.32. The quantitative estimate of drug-likeness (QED) is 0.341. The van der Waals surface area contributed by atoms with Crippen molar-refractivity contribution < 1.29 is 26.7 Å². The van der Waals surface area contributed by atoms with Gasteiger partial charge in [-0.25, -0.2) is 17.2 Å². The molecular formula is C29H36F2N6O4S. The molecule has 0 aliphatic carbocycles. The SMILES string of the molecule is COCC(C)Nc1cc(N2CCN(C)CC2)ccc1C(=O)Cc1n[nH]c2c1CN(S(=O)(=O)c1cc(F)cc(F)c1)CC2. The number of rotatable bonds is 10. The number of piperazine rings is 1. The van der Waals surface area contributed by atoms with E-state index >= 15 is 0 Å². The van der Waals surface area contributed by atoms with Gasteiger partial charge in [-0.1, -0.05) is 0 Å². The minimum absolute atomic E-state index is 0.0461. The Balaban J connectivity index is 1.38. The smallest absolute Gasteiger partial charge is 0.243 e. The van der Waals surface area contributed by atoms with Gasteiger partial charge < -0.3 is 19.9 Å². The summed E-state index contributed by atoms with van der Waals surface area (Å²) in [6.45, 7) is 6.16. The monoisotopic (exact) mass is 602 g/mol. The number of aromatic nitrogens is 2. The van der Waals surface area contributed by atoms with E-state index in [0.717, 1.165) is 54.0 Å². The number of ketones is 1. The van der Waals surface area contributed by atoms with Crippen LogP contribution in [0.15, 0.2) is 41.3 Å². The number of nitrogens with zero attached hydrogens (tertiary/aromatic N) is 4. The fraction of sp³-hybridized carbons (Fsp3) is 0.448. The maximum atomic E-state index is 13.8. The molecule has 2 aliphatic rings. The average Bonchev–Trinajstić information content (AvgIpc) is 3.34. The van der Waals surface area contributed by atoms with Crippen LogP contribution in [0.1, 0.15) is 34.2 Å². The number of ether oxygens (including phenoxy) is 1. The molecule has 2 aliphatic heterocycles. The number of hydrogen-bond donors (Lipinski definition) is 2. The lowest BCUT2D eigenvalue weighted by Crippen LogP contribution is -2.44. The number of Topliss-reactive ketones (excluding diaryl/α,β-unsaturated/α-hetero) is 1. The molecular weight excluding hydrogens is 566 g/mol. The fourth-order valence-corrected chi connectivity index (χ4v) is 6.92. The summed E-state index contributed by atoms with van der Waals surface area (Å²) < 4.78 is 60.5. The number of likely N-dealkylation sites (N-methyl/N-ethyl adjacent to an activating group) is 1. The molecule has 226 valence electrons. The molecule has 2 aromatic carbocycles. The number of halogens is 2. The number of aromatic amines is 1. The van der Waals surface area contributed by atoms with Gasteiger partial charge in [0.15, 0.2) is 5.78 Å². The van der Waals surface area contributed by atoms with E-state index in [1.165, 1.54) is 0 Å². The van der Waals surface area contributed by atoms with Crippen molar-refractivity contribution in [3.63, 3.8) is 0 Å². The summed E-state index contributed by atoms with van der Waals surface area (Å²) in [6, 6.07) is 7.97. The van der Waals surface area contributed by atoms with E-state index in [1.807, 2.05) is 25.1 Å². The summed E-state index contributed by atoms with van der Waals surface area (Å²) in [5.41, 5.74) is 4.02. The summed E-state index contributed by atoms with van der Waals surface area (Å²) in [4.78, 5) is 17.8. The second-order valence-electron chi connectivity index (χ2n) is 10.9. The van der Waals surface area contributed by atoms with Crippen LogP contribution in [0, 0.1) is 11.6 Å². The summed E-state index contributed by atoms with van der Waals surface area (Å²) in [5, 5.41) is 10.7. The molecule has 0 radical (unpaired) electrons. The number of hydrogen-bond acceptors (Lipinski definition) is 8. The Labute approximate surface area is 244 Å². The second-order valence-corrected chi connectivity index (χ2v) is 12.9. The first-order valence-corrected chi connectivity index (χ1v) is 15.4. The molecule has 1 unspecified atom stereocenters. The molecule has 1 aromatic heterocycles. The van der Waals surface area contributed by atoms with E-state index in [1.54, 1.807) is 7.11 Å². The maximum absolute atomic E-state index is 13.8. The Hall–Kier alpha value is -3.39. The van der Waals surface area contributed by atoms with Crippen LogP contribution < -0.4 is 10.2 Å². The first-order chi connectivity index (χ1) is 20.0. The standard InChI is InChI=1S/C29H36F2N6O4S/c1-19(18-41-3)32-27-15-22(36-10-8-35(2)9-11-36)4-5-24(27)29(38)16-28-25-17-37(7-6-26(25)33-34-28)42(39,40)23-13-20(30)12-21(31)14-23/h4-5,12-15,19,32H,6-11,16-18H2,1-3H3,(H,33,34). The van der Waals surface area contributed by atoms with Gasteiger partial charge in [0.1, 0.15) is 11.6 Å². The van der Waals surface area contributed by atoms with Crippen LogP contribution in [0.4, 0.5) is 20.2 Å². The molecule has 1 fully saturated rings. The van der Waals surface area contributed by atoms with Crippen molar-refractivity contribution in [1.29, 1.82) is 0 Å². The average molecular weight is 603 g/mol. The molecule has 3 aromatic rings. The zero-order valence-electron chi connectivity index (χ0n) is 24.0. The van der Waals surface area contributed by atoms with Gasteiger partial charge in [0, 0.05) is 93.1 Å². The summed E-state index contributed by atoms with van der Waals surface area (Å²) in [6.07, 6.45) is 0.282. The molecule has 10 nitrogen and oxygen atoms in total. The largest absolute Gasteiger partial charge is 0.383 e. The minimum Gasteiger partial charge on any atom is -0.383 e. The van der Waals surface area contributed by atoms with Crippen LogP contribution in [0.3, 0.4) is 0 Å². The molecule has 0 bridgehead atoms. The highest BCUT2D eigenvalue weighted by atomic mass is 32.2. The van der Waals surface area contributed by atoms with Crippen LogP contribution in [0.5, 0.6) is 0 Å². The van der Waals surface area contributed by atoms with Gasteiger partial charge in [0.2, 0.25) is 10.0 Å². The van der Waals surface area contributed by atoms with Crippen molar-refractivity contribution >= 4 is 27.2 Å². The predicted molar refractivity (Wildman–Crippen MR) is 155 cm³/mol. The van der Waals surface area contributed by atoms with Crippen molar-refractivity contribution in [1.82, 2.24) is 19.4 Å². The lowest BCUT2D eigenvalue weighted by molar-refractivity contribution is 0.0992. The van der Waals surface area contributed by atoms with Crippen LogP contribution in [-0.2, 0) is 34.1 Å². The number of methoxy groups -OCH3 is 1.